The summed E-state index contributed by atoms with van der Waals surface area (Å²) >= 11 is 3.31. The molecule has 126 valence electrons. The lowest BCUT2D eigenvalue weighted by molar-refractivity contribution is 0.340. The zero-order chi connectivity index (χ0) is 17.4. The third-order valence-electron chi connectivity index (χ3n) is 4.66. The number of nitrogens with one attached hydrogen (secondary N) is 1. The van der Waals surface area contributed by atoms with Gasteiger partial charge < -0.3 is 10.6 Å². The number of fused-ring (bicyclic) bond motifs is 1. The summed E-state index contributed by atoms with van der Waals surface area (Å²) in [5.41, 5.74) is 8.17. The first kappa shape index (κ1) is 15.9. The molecular weight excluding hydrogens is 384 g/mol. The Morgan fingerprint density at radius 1 is 1.24 bits per heavy atom. The molecule has 4 rings (SSSR count). The zero-order valence-corrected chi connectivity index (χ0v) is 14.9. The molecular formula is C16H15BrN8. The Morgan fingerprint density at radius 3 is 2.64 bits per heavy atom. The van der Waals surface area contributed by atoms with E-state index in [1.54, 1.807) is 12.4 Å². The summed E-state index contributed by atoms with van der Waals surface area (Å²) in [6.45, 7) is 1.43. The summed E-state index contributed by atoms with van der Waals surface area (Å²) in [6.07, 6.45) is 5.07. The normalized spacial score (nSPS) is 16.8. The maximum Gasteiger partial charge on any atom is 0.228 e. The Labute approximate surface area is 152 Å². The Hall–Kier alpha value is -2.57. The van der Waals surface area contributed by atoms with Crippen LogP contribution in [0.2, 0.25) is 0 Å². The summed E-state index contributed by atoms with van der Waals surface area (Å²) in [6, 6.07) is 6.05. The van der Waals surface area contributed by atoms with Gasteiger partial charge in [0.25, 0.3) is 0 Å². The molecule has 0 aliphatic carbocycles. The second-order valence-electron chi connectivity index (χ2n) is 6.10. The number of aromatic nitrogens is 5. The van der Waals surface area contributed by atoms with Gasteiger partial charge in [-0.15, -0.1) is 0 Å². The Balaban J connectivity index is 1.61. The topological polar surface area (TPSA) is 120 Å². The van der Waals surface area contributed by atoms with Crippen LogP contribution in [0.25, 0.3) is 11.0 Å². The van der Waals surface area contributed by atoms with Crippen molar-refractivity contribution in [1.29, 1.82) is 5.26 Å². The number of rotatable bonds is 2. The van der Waals surface area contributed by atoms with Gasteiger partial charge in [-0.3, -0.25) is 10.1 Å². The number of halogens is 1. The van der Waals surface area contributed by atoms with E-state index < -0.39 is 0 Å². The minimum Gasteiger partial charge on any atom is -0.341 e. The molecule has 0 unspecified atom stereocenters. The minimum absolute atomic E-state index is 0.305. The maximum absolute atomic E-state index is 9.39. The van der Waals surface area contributed by atoms with E-state index in [9.17, 15) is 5.26 Å². The lowest BCUT2D eigenvalue weighted by Crippen LogP contribution is -2.48. The van der Waals surface area contributed by atoms with E-state index in [-0.39, 0.29) is 5.54 Å². The van der Waals surface area contributed by atoms with Crippen LogP contribution in [0.3, 0.4) is 0 Å². The molecule has 1 aliphatic heterocycles. The molecule has 8 nitrogen and oxygen atoms in total. The highest BCUT2D eigenvalue weighted by atomic mass is 79.9. The number of nitrogens with zero attached hydrogens (tertiary/aromatic N) is 6. The number of H-pyrrole nitrogens is 1. The summed E-state index contributed by atoms with van der Waals surface area (Å²) in [5, 5.41) is 16.9. The van der Waals surface area contributed by atoms with E-state index in [0.29, 0.717) is 40.4 Å². The third-order valence-corrected chi connectivity index (χ3v) is 5.24. The van der Waals surface area contributed by atoms with Crippen LogP contribution in [0.1, 0.15) is 24.1 Å². The van der Waals surface area contributed by atoms with E-state index in [1.807, 2.05) is 12.1 Å². The van der Waals surface area contributed by atoms with Crippen molar-refractivity contribution in [2.24, 2.45) is 5.73 Å². The molecule has 3 aromatic rings. The van der Waals surface area contributed by atoms with Crippen molar-refractivity contribution in [1.82, 2.24) is 25.1 Å². The highest BCUT2D eigenvalue weighted by molar-refractivity contribution is 9.10. The van der Waals surface area contributed by atoms with E-state index >= 15 is 0 Å². The van der Waals surface area contributed by atoms with Gasteiger partial charge in [0.05, 0.1) is 5.39 Å². The monoisotopic (exact) mass is 398 g/mol. The van der Waals surface area contributed by atoms with Crippen LogP contribution in [0.15, 0.2) is 29.1 Å². The molecule has 4 heterocycles. The fraction of sp³-hybridized carbons (Fsp3) is 0.312. The van der Waals surface area contributed by atoms with Crippen LogP contribution in [0, 0.1) is 11.3 Å². The first-order valence-corrected chi connectivity index (χ1v) is 8.66. The van der Waals surface area contributed by atoms with Crippen molar-refractivity contribution < 1.29 is 0 Å². The fourth-order valence-corrected chi connectivity index (χ4v) is 3.65. The van der Waals surface area contributed by atoms with E-state index in [2.05, 4.69) is 52.0 Å². The molecule has 0 aromatic carbocycles. The Morgan fingerprint density at radius 2 is 1.96 bits per heavy atom. The average Bonchev–Trinajstić information content (AvgIpc) is 3.03. The van der Waals surface area contributed by atoms with Gasteiger partial charge in [0, 0.05) is 31.0 Å². The maximum atomic E-state index is 9.39. The number of pyridine rings is 1. The molecule has 1 fully saturated rings. The Bertz CT molecular complexity index is 953. The number of nitriles is 1. The van der Waals surface area contributed by atoms with Crippen molar-refractivity contribution in [3.63, 3.8) is 0 Å². The molecule has 0 spiro atoms. The lowest BCUT2D eigenvalue weighted by atomic mass is 9.82. The van der Waals surface area contributed by atoms with Gasteiger partial charge in [-0.05, 0) is 46.5 Å². The van der Waals surface area contributed by atoms with E-state index in [0.717, 1.165) is 18.4 Å². The summed E-state index contributed by atoms with van der Waals surface area (Å²) in [4.78, 5) is 15.0. The van der Waals surface area contributed by atoms with Crippen LogP contribution in [0.5, 0.6) is 0 Å². The molecule has 0 atom stereocenters. The summed E-state index contributed by atoms with van der Waals surface area (Å²) < 4.78 is 0.544. The summed E-state index contributed by atoms with van der Waals surface area (Å²) in [7, 11) is 0. The molecule has 0 amide bonds. The van der Waals surface area contributed by atoms with Gasteiger partial charge in [-0.1, -0.05) is 0 Å². The van der Waals surface area contributed by atoms with Gasteiger partial charge in [0.1, 0.15) is 10.7 Å². The third kappa shape index (κ3) is 2.73. The zero-order valence-electron chi connectivity index (χ0n) is 13.3. The van der Waals surface area contributed by atoms with Gasteiger partial charge in [-0.2, -0.15) is 15.3 Å². The molecule has 0 bridgehead atoms. The van der Waals surface area contributed by atoms with E-state index in [4.69, 9.17) is 5.73 Å². The standard InChI is InChI=1S/C16H15BrN8/c17-13-12-11(9-18)21-15(22-14(12)24-23-13)25-7-3-16(19,4-8-25)10-1-5-20-6-2-10/h1-2,5-6H,3-4,7-8,19H2,(H,21,22,23,24). The smallest absolute Gasteiger partial charge is 0.228 e. The molecule has 0 saturated carbocycles. The SMILES string of the molecule is N#Cc1nc(N2CCC(N)(c3ccncc3)CC2)nc2[nH]nc(Br)c12. The molecule has 9 heteroatoms. The predicted molar refractivity (Wildman–Crippen MR) is 95.6 cm³/mol. The molecule has 0 radical (unpaired) electrons. The van der Waals surface area contributed by atoms with Crippen LogP contribution in [-0.4, -0.2) is 38.2 Å². The van der Waals surface area contributed by atoms with Crippen molar-refractivity contribution in [2.45, 2.75) is 18.4 Å². The summed E-state index contributed by atoms with van der Waals surface area (Å²) in [5.74, 6) is 0.525. The Kier molecular flexibility index (Phi) is 3.86. The van der Waals surface area contributed by atoms with Crippen LogP contribution in [-0.2, 0) is 5.54 Å². The molecule has 1 saturated heterocycles. The van der Waals surface area contributed by atoms with Crippen molar-refractivity contribution in [3.8, 4) is 6.07 Å². The molecule has 3 aromatic heterocycles. The number of hydrogen-bond donors (Lipinski definition) is 2. The second kappa shape index (κ2) is 6.06. The van der Waals surface area contributed by atoms with Gasteiger partial charge in [0.2, 0.25) is 5.95 Å². The van der Waals surface area contributed by atoms with Gasteiger partial charge >= 0.3 is 0 Å². The van der Waals surface area contributed by atoms with Gasteiger partial charge in [-0.25, -0.2) is 4.98 Å². The predicted octanol–water partition coefficient (Wildman–Crippen LogP) is 1.84. The minimum atomic E-state index is -0.376. The van der Waals surface area contributed by atoms with Crippen molar-refractivity contribution in [3.05, 3.63) is 40.4 Å². The number of piperidine rings is 1. The first-order valence-electron chi connectivity index (χ1n) is 7.87. The number of hydrogen-bond acceptors (Lipinski definition) is 7. The number of nitrogens with two attached hydrogens (primary N) is 1. The number of anilines is 1. The molecule has 3 N–H and O–H groups in total. The second-order valence-corrected chi connectivity index (χ2v) is 6.85. The number of aromatic amines is 1. The largest absolute Gasteiger partial charge is 0.341 e. The van der Waals surface area contributed by atoms with E-state index in [1.165, 1.54) is 0 Å². The highest BCUT2D eigenvalue weighted by Crippen LogP contribution is 2.32. The lowest BCUT2D eigenvalue weighted by Gasteiger charge is -2.39. The quantitative estimate of drug-likeness (QED) is 0.675. The average molecular weight is 399 g/mol. The van der Waals surface area contributed by atoms with Crippen LogP contribution >= 0.6 is 15.9 Å². The van der Waals surface area contributed by atoms with Gasteiger partial charge in [0.15, 0.2) is 11.3 Å². The highest BCUT2D eigenvalue weighted by Gasteiger charge is 2.33. The van der Waals surface area contributed by atoms with Crippen LogP contribution in [0.4, 0.5) is 5.95 Å². The molecule has 1 aliphatic rings. The van der Waals surface area contributed by atoms with Crippen LogP contribution < -0.4 is 10.6 Å². The van der Waals surface area contributed by atoms with Crippen molar-refractivity contribution >= 4 is 32.9 Å². The molecule has 25 heavy (non-hydrogen) atoms. The fourth-order valence-electron chi connectivity index (χ4n) is 3.18. The van der Waals surface area contributed by atoms with Crippen molar-refractivity contribution in [2.75, 3.05) is 18.0 Å². The first-order chi connectivity index (χ1) is 12.1.